The Morgan fingerprint density at radius 3 is 3.00 bits per heavy atom. The molecule has 7 heteroatoms. The lowest BCUT2D eigenvalue weighted by Gasteiger charge is -2.32. The third-order valence-corrected chi connectivity index (χ3v) is 3.58. The van der Waals surface area contributed by atoms with Gasteiger partial charge in [0.2, 0.25) is 0 Å². The zero-order valence-corrected chi connectivity index (χ0v) is 12.4. The van der Waals surface area contributed by atoms with E-state index < -0.39 is 0 Å². The van der Waals surface area contributed by atoms with E-state index in [1.54, 1.807) is 12.4 Å². The van der Waals surface area contributed by atoms with Crippen LogP contribution in [0, 0.1) is 0 Å². The van der Waals surface area contributed by atoms with Crippen molar-refractivity contribution in [2.45, 2.75) is 12.6 Å². The Morgan fingerprint density at radius 1 is 1.38 bits per heavy atom. The molecule has 0 aromatic carbocycles. The topological polar surface area (TPSA) is 68.1 Å². The van der Waals surface area contributed by atoms with Gasteiger partial charge in [0.05, 0.1) is 12.8 Å². The Labute approximate surface area is 124 Å². The number of ether oxygens (including phenoxy) is 1. The molecule has 0 spiro atoms. The standard InChI is InChI=1S/C14H20N6O/c1-15-14-13(16-3-4-17-14)12-10-20(5-6-21-12)9-11-7-18-19(2)8-11/h3-4,7-8,12H,5-6,9-10H2,1-2H3,(H,15,17). The average Bonchev–Trinajstić information content (AvgIpc) is 2.92. The van der Waals surface area contributed by atoms with E-state index in [4.69, 9.17) is 4.74 Å². The zero-order valence-electron chi connectivity index (χ0n) is 12.4. The first-order valence-corrected chi connectivity index (χ1v) is 7.06. The van der Waals surface area contributed by atoms with Crippen molar-refractivity contribution < 1.29 is 4.74 Å². The summed E-state index contributed by atoms with van der Waals surface area (Å²) in [4.78, 5) is 11.1. The second-order valence-corrected chi connectivity index (χ2v) is 5.16. The first-order valence-electron chi connectivity index (χ1n) is 7.06. The minimum absolute atomic E-state index is 0.0495. The number of anilines is 1. The van der Waals surface area contributed by atoms with Crippen molar-refractivity contribution in [2.24, 2.45) is 7.05 Å². The maximum absolute atomic E-state index is 5.87. The fourth-order valence-corrected chi connectivity index (χ4v) is 2.60. The molecule has 2 aromatic heterocycles. The van der Waals surface area contributed by atoms with Crippen molar-refractivity contribution in [3.05, 3.63) is 36.0 Å². The molecule has 1 fully saturated rings. The molecule has 0 bridgehead atoms. The highest BCUT2D eigenvalue weighted by Gasteiger charge is 2.25. The minimum atomic E-state index is -0.0495. The van der Waals surface area contributed by atoms with E-state index in [9.17, 15) is 0 Å². The molecule has 0 amide bonds. The lowest BCUT2D eigenvalue weighted by Crippen LogP contribution is -2.38. The Morgan fingerprint density at radius 2 is 2.24 bits per heavy atom. The summed E-state index contributed by atoms with van der Waals surface area (Å²) in [6.07, 6.45) is 7.30. The van der Waals surface area contributed by atoms with Gasteiger partial charge in [-0.05, 0) is 0 Å². The molecule has 3 heterocycles. The molecule has 0 saturated carbocycles. The van der Waals surface area contributed by atoms with Crippen LogP contribution in [-0.2, 0) is 18.3 Å². The van der Waals surface area contributed by atoms with Gasteiger partial charge >= 0.3 is 0 Å². The molecule has 0 radical (unpaired) electrons. The van der Waals surface area contributed by atoms with Gasteiger partial charge in [0.15, 0.2) is 0 Å². The predicted molar refractivity (Wildman–Crippen MR) is 78.8 cm³/mol. The first kappa shape index (κ1) is 14.0. The van der Waals surface area contributed by atoms with Crippen LogP contribution in [0.2, 0.25) is 0 Å². The minimum Gasteiger partial charge on any atom is -0.372 e. The van der Waals surface area contributed by atoms with E-state index in [1.807, 2.05) is 31.2 Å². The number of aryl methyl sites for hydroxylation is 1. The number of nitrogens with zero attached hydrogens (tertiary/aromatic N) is 5. The summed E-state index contributed by atoms with van der Waals surface area (Å²) >= 11 is 0. The highest BCUT2D eigenvalue weighted by molar-refractivity contribution is 5.40. The third kappa shape index (κ3) is 3.20. The van der Waals surface area contributed by atoms with Crippen molar-refractivity contribution in [1.82, 2.24) is 24.6 Å². The molecule has 1 atom stereocenters. The third-order valence-electron chi connectivity index (χ3n) is 3.58. The number of hydrogen-bond acceptors (Lipinski definition) is 6. The molecule has 1 aliphatic rings. The molecule has 2 aromatic rings. The van der Waals surface area contributed by atoms with Gasteiger partial charge in [-0.25, -0.2) is 4.98 Å². The lowest BCUT2D eigenvalue weighted by molar-refractivity contribution is -0.0347. The van der Waals surface area contributed by atoms with Crippen molar-refractivity contribution in [3.63, 3.8) is 0 Å². The second-order valence-electron chi connectivity index (χ2n) is 5.16. The number of aromatic nitrogens is 4. The fourth-order valence-electron chi connectivity index (χ4n) is 2.60. The number of morpholine rings is 1. The van der Waals surface area contributed by atoms with Crippen LogP contribution in [0.3, 0.4) is 0 Å². The summed E-state index contributed by atoms with van der Waals surface area (Å²) in [6, 6.07) is 0. The predicted octanol–water partition coefficient (Wildman–Crippen LogP) is 0.825. The van der Waals surface area contributed by atoms with Crippen LogP contribution in [0.1, 0.15) is 17.4 Å². The van der Waals surface area contributed by atoms with Crippen LogP contribution < -0.4 is 5.32 Å². The quantitative estimate of drug-likeness (QED) is 0.898. The van der Waals surface area contributed by atoms with Crippen molar-refractivity contribution in [3.8, 4) is 0 Å². The van der Waals surface area contributed by atoms with Gasteiger partial charge in [-0.3, -0.25) is 14.6 Å². The smallest absolute Gasteiger partial charge is 0.150 e. The van der Waals surface area contributed by atoms with Gasteiger partial charge < -0.3 is 10.1 Å². The maximum Gasteiger partial charge on any atom is 0.150 e. The fraction of sp³-hybridized carbons (Fsp3) is 0.500. The lowest BCUT2D eigenvalue weighted by atomic mass is 10.2. The van der Waals surface area contributed by atoms with E-state index in [1.165, 1.54) is 5.56 Å². The van der Waals surface area contributed by atoms with Crippen LogP contribution in [0.25, 0.3) is 0 Å². The molecule has 0 aliphatic carbocycles. The van der Waals surface area contributed by atoms with E-state index in [-0.39, 0.29) is 6.10 Å². The molecule has 1 unspecified atom stereocenters. The summed E-state index contributed by atoms with van der Waals surface area (Å²) < 4.78 is 7.70. The van der Waals surface area contributed by atoms with Crippen molar-refractivity contribution >= 4 is 5.82 Å². The van der Waals surface area contributed by atoms with Gasteiger partial charge in [0.25, 0.3) is 0 Å². The normalized spacial score (nSPS) is 19.6. The number of rotatable bonds is 4. The second kappa shape index (κ2) is 6.19. The van der Waals surface area contributed by atoms with Crippen LogP contribution in [0.4, 0.5) is 5.82 Å². The molecule has 112 valence electrons. The SMILES string of the molecule is CNc1nccnc1C1CN(Cc2cnn(C)c2)CCO1. The summed E-state index contributed by atoms with van der Waals surface area (Å²) in [5, 5.41) is 7.29. The molecule has 3 rings (SSSR count). The van der Waals surface area contributed by atoms with Gasteiger partial charge in [-0.2, -0.15) is 5.10 Å². The Hall–Kier alpha value is -1.99. The molecular weight excluding hydrogens is 268 g/mol. The summed E-state index contributed by atoms with van der Waals surface area (Å²) in [6.45, 7) is 3.30. The maximum atomic E-state index is 5.87. The van der Waals surface area contributed by atoms with E-state index >= 15 is 0 Å². The van der Waals surface area contributed by atoms with Crippen molar-refractivity contribution in [2.75, 3.05) is 32.1 Å². The number of nitrogens with one attached hydrogen (secondary N) is 1. The van der Waals surface area contributed by atoms with Gasteiger partial charge in [-0.1, -0.05) is 0 Å². The Balaban J connectivity index is 1.70. The molecule has 1 aliphatic heterocycles. The molecule has 21 heavy (non-hydrogen) atoms. The van der Waals surface area contributed by atoms with Crippen LogP contribution >= 0.6 is 0 Å². The van der Waals surface area contributed by atoms with Gasteiger partial charge in [0, 0.05) is 57.9 Å². The molecule has 1 saturated heterocycles. The molecule has 1 N–H and O–H groups in total. The highest BCUT2D eigenvalue weighted by atomic mass is 16.5. The van der Waals surface area contributed by atoms with Gasteiger partial charge in [-0.15, -0.1) is 0 Å². The first-order chi connectivity index (χ1) is 10.3. The number of hydrogen-bond donors (Lipinski definition) is 1. The summed E-state index contributed by atoms with van der Waals surface area (Å²) in [5.74, 6) is 0.783. The summed E-state index contributed by atoms with van der Waals surface area (Å²) in [5.41, 5.74) is 2.09. The largest absolute Gasteiger partial charge is 0.372 e. The Kier molecular flexibility index (Phi) is 4.12. The Bertz CT molecular complexity index is 599. The summed E-state index contributed by atoms with van der Waals surface area (Å²) in [7, 11) is 3.79. The van der Waals surface area contributed by atoms with Crippen LogP contribution in [0.15, 0.2) is 24.8 Å². The van der Waals surface area contributed by atoms with E-state index in [0.717, 1.165) is 31.1 Å². The van der Waals surface area contributed by atoms with Crippen LogP contribution in [-0.4, -0.2) is 51.4 Å². The zero-order chi connectivity index (χ0) is 14.7. The molecule has 7 nitrogen and oxygen atoms in total. The highest BCUT2D eigenvalue weighted by Crippen LogP contribution is 2.25. The van der Waals surface area contributed by atoms with Crippen LogP contribution in [0.5, 0.6) is 0 Å². The van der Waals surface area contributed by atoms with E-state index in [0.29, 0.717) is 6.61 Å². The van der Waals surface area contributed by atoms with E-state index in [2.05, 4.69) is 25.3 Å². The molecular formula is C14H20N6O. The monoisotopic (exact) mass is 288 g/mol. The average molecular weight is 288 g/mol. The van der Waals surface area contributed by atoms with Gasteiger partial charge in [0.1, 0.15) is 17.6 Å². The van der Waals surface area contributed by atoms with Crippen molar-refractivity contribution in [1.29, 1.82) is 0 Å².